The Labute approximate surface area is 93.6 Å². The molecule has 0 aliphatic rings. The summed E-state index contributed by atoms with van der Waals surface area (Å²) in [5.41, 5.74) is 2.25. The van der Waals surface area contributed by atoms with Crippen molar-refractivity contribution in [2.24, 2.45) is 0 Å². The zero-order valence-corrected chi connectivity index (χ0v) is 10.1. The molecule has 2 nitrogen and oxygen atoms in total. The molecule has 1 rings (SSSR count). The minimum Gasteiger partial charge on any atom is -0.307 e. The Balaban J connectivity index is 2.93. The molecular weight excluding hydrogens is 240 g/mol. The van der Waals surface area contributed by atoms with Crippen molar-refractivity contribution in [1.82, 2.24) is 10.3 Å². The Morgan fingerprint density at radius 1 is 1.64 bits per heavy atom. The summed E-state index contributed by atoms with van der Waals surface area (Å²) in [6.45, 7) is 9.00. The summed E-state index contributed by atoms with van der Waals surface area (Å²) in [5, 5.41) is 3.37. The van der Waals surface area contributed by atoms with E-state index in [1.807, 2.05) is 13.1 Å². The van der Waals surface area contributed by atoms with Crippen LogP contribution in [-0.2, 0) is 0 Å². The molecule has 0 fully saturated rings. The fourth-order valence-corrected chi connectivity index (χ4v) is 1.75. The first-order chi connectivity index (χ1) is 6.65. The summed E-state index contributed by atoms with van der Waals surface area (Å²) in [6, 6.07) is 2.26. The molecular formula is C11H15BrN2. The van der Waals surface area contributed by atoms with E-state index in [9.17, 15) is 0 Å². The van der Waals surface area contributed by atoms with Crippen LogP contribution in [0.5, 0.6) is 0 Å². The lowest BCUT2D eigenvalue weighted by Gasteiger charge is -2.18. The van der Waals surface area contributed by atoms with Gasteiger partial charge in [0.25, 0.3) is 0 Å². The van der Waals surface area contributed by atoms with Crippen molar-refractivity contribution in [3.05, 3.63) is 40.6 Å². The largest absolute Gasteiger partial charge is 0.307 e. The Hall–Kier alpha value is -0.670. The van der Waals surface area contributed by atoms with Crippen LogP contribution in [0.2, 0.25) is 0 Å². The number of aromatic nitrogens is 1. The molecule has 0 aliphatic heterocycles. The minimum absolute atomic E-state index is 0.199. The van der Waals surface area contributed by atoms with Gasteiger partial charge in [0.05, 0.1) is 6.04 Å². The van der Waals surface area contributed by atoms with E-state index in [1.165, 1.54) is 0 Å². The molecule has 0 saturated carbocycles. The molecule has 1 aromatic rings. The van der Waals surface area contributed by atoms with Gasteiger partial charge in [-0.3, -0.25) is 4.98 Å². The molecule has 14 heavy (non-hydrogen) atoms. The lowest BCUT2D eigenvalue weighted by atomic mass is 10.0. The minimum atomic E-state index is 0.199. The second-order valence-electron chi connectivity index (χ2n) is 3.27. The summed E-state index contributed by atoms with van der Waals surface area (Å²) in [5.74, 6) is 0. The molecule has 0 saturated heterocycles. The third-order valence-corrected chi connectivity index (χ3v) is 2.39. The molecule has 1 heterocycles. The average Bonchev–Trinajstić information content (AvgIpc) is 2.13. The quantitative estimate of drug-likeness (QED) is 0.836. The monoisotopic (exact) mass is 254 g/mol. The van der Waals surface area contributed by atoms with E-state index in [2.05, 4.69) is 45.8 Å². The summed E-state index contributed by atoms with van der Waals surface area (Å²) < 4.78 is 0.999. The zero-order valence-electron chi connectivity index (χ0n) is 8.55. The standard InChI is InChI=1S/C11H15BrN2/c1-4-14-11(8(2)3)9-5-10(12)7-13-6-9/h5-7,11,14H,2,4H2,1,3H3. The van der Waals surface area contributed by atoms with Gasteiger partial charge in [0.15, 0.2) is 0 Å². The van der Waals surface area contributed by atoms with Crippen molar-refractivity contribution in [3.8, 4) is 0 Å². The number of nitrogens with one attached hydrogen (secondary N) is 1. The van der Waals surface area contributed by atoms with Crippen LogP contribution >= 0.6 is 15.9 Å². The number of nitrogens with zero attached hydrogens (tertiary/aromatic N) is 1. The maximum absolute atomic E-state index is 4.14. The summed E-state index contributed by atoms with van der Waals surface area (Å²) >= 11 is 3.41. The molecule has 0 aromatic carbocycles. The van der Waals surface area contributed by atoms with E-state index >= 15 is 0 Å². The molecule has 0 amide bonds. The lowest BCUT2D eigenvalue weighted by Crippen LogP contribution is -2.21. The molecule has 76 valence electrons. The summed E-state index contributed by atoms with van der Waals surface area (Å²) in [7, 11) is 0. The summed E-state index contributed by atoms with van der Waals surface area (Å²) in [6.07, 6.45) is 3.65. The Kier molecular flexibility index (Phi) is 4.29. The van der Waals surface area contributed by atoms with Crippen molar-refractivity contribution in [3.63, 3.8) is 0 Å². The van der Waals surface area contributed by atoms with Gasteiger partial charge in [-0.15, -0.1) is 0 Å². The third kappa shape index (κ3) is 2.93. The molecule has 0 spiro atoms. The van der Waals surface area contributed by atoms with Crippen LogP contribution in [0.25, 0.3) is 0 Å². The normalized spacial score (nSPS) is 12.5. The van der Waals surface area contributed by atoms with Gasteiger partial charge in [-0.05, 0) is 41.0 Å². The Bertz CT molecular complexity index is 323. The number of likely N-dealkylation sites (N-methyl/N-ethyl adjacent to an activating group) is 1. The second kappa shape index (κ2) is 5.27. The molecule has 3 heteroatoms. The third-order valence-electron chi connectivity index (χ3n) is 1.96. The van der Waals surface area contributed by atoms with Gasteiger partial charge >= 0.3 is 0 Å². The highest BCUT2D eigenvalue weighted by Crippen LogP contribution is 2.21. The molecule has 1 atom stereocenters. The first-order valence-corrected chi connectivity index (χ1v) is 5.43. The van der Waals surface area contributed by atoms with Gasteiger partial charge in [0.1, 0.15) is 0 Å². The zero-order chi connectivity index (χ0) is 10.6. The smallest absolute Gasteiger partial charge is 0.0546 e. The van der Waals surface area contributed by atoms with E-state index in [0.29, 0.717) is 0 Å². The van der Waals surface area contributed by atoms with E-state index in [0.717, 1.165) is 22.2 Å². The number of hydrogen-bond acceptors (Lipinski definition) is 2. The van der Waals surface area contributed by atoms with Crippen molar-refractivity contribution in [1.29, 1.82) is 0 Å². The van der Waals surface area contributed by atoms with E-state index in [-0.39, 0.29) is 6.04 Å². The molecule has 0 radical (unpaired) electrons. The Morgan fingerprint density at radius 2 is 2.36 bits per heavy atom. The Morgan fingerprint density at radius 3 is 2.86 bits per heavy atom. The molecule has 1 N–H and O–H groups in total. The molecule has 0 aliphatic carbocycles. The average molecular weight is 255 g/mol. The van der Waals surface area contributed by atoms with Gasteiger partial charge in [-0.25, -0.2) is 0 Å². The lowest BCUT2D eigenvalue weighted by molar-refractivity contribution is 0.619. The van der Waals surface area contributed by atoms with Crippen molar-refractivity contribution in [2.45, 2.75) is 19.9 Å². The second-order valence-corrected chi connectivity index (χ2v) is 4.19. The number of hydrogen-bond donors (Lipinski definition) is 1. The van der Waals surface area contributed by atoms with Crippen LogP contribution in [0, 0.1) is 0 Å². The van der Waals surface area contributed by atoms with Gasteiger partial charge in [-0.1, -0.05) is 19.1 Å². The van der Waals surface area contributed by atoms with E-state index < -0.39 is 0 Å². The predicted molar refractivity (Wildman–Crippen MR) is 63.2 cm³/mol. The number of halogens is 1. The first-order valence-electron chi connectivity index (χ1n) is 4.64. The topological polar surface area (TPSA) is 24.9 Å². The van der Waals surface area contributed by atoms with Gasteiger partial charge in [0, 0.05) is 16.9 Å². The van der Waals surface area contributed by atoms with Gasteiger partial charge in [-0.2, -0.15) is 0 Å². The van der Waals surface area contributed by atoms with Gasteiger partial charge < -0.3 is 5.32 Å². The number of rotatable bonds is 4. The van der Waals surface area contributed by atoms with Crippen LogP contribution in [-0.4, -0.2) is 11.5 Å². The SMILES string of the molecule is C=C(C)C(NCC)c1cncc(Br)c1. The van der Waals surface area contributed by atoms with E-state index in [1.54, 1.807) is 6.20 Å². The van der Waals surface area contributed by atoms with E-state index in [4.69, 9.17) is 0 Å². The maximum Gasteiger partial charge on any atom is 0.0546 e. The highest BCUT2D eigenvalue weighted by atomic mass is 79.9. The van der Waals surface area contributed by atoms with Crippen LogP contribution < -0.4 is 5.32 Å². The fourth-order valence-electron chi connectivity index (χ4n) is 1.37. The molecule has 0 bridgehead atoms. The molecule has 1 aromatic heterocycles. The highest BCUT2D eigenvalue weighted by molar-refractivity contribution is 9.10. The van der Waals surface area contributed by atoms with Gasteiger partial charge in [0.2, 0.25) is 0 Å². The predicted octanol–water partition coefficient (Wildman–Crippen LogP) is 3.07. The fraction of sp³-hybridized carbons (Fsp3) is 0.364. The summed E-state index contributed by atoms with van der Waals surface area (Å²) in [4.78, 5) is 4.14. The highest BCUT2D eigenvalue weighted by Gasteiger charge is 2.10. The first kappa shape index (κ1) is 11.4. The number of pyridine rings is 1. The van der Waals surface area contributed by atoms with Crippen LogP contribution in [0.1, 0.15) is 25.5 Å². The van der Waals surface area contributed by atoms with Crippen LogP contribution in [0.4, 0.5) is 0 Å². The van der Waals surface area contributed by atoms with Crippen LogP contribution in [0.15, 0.2) is 35.1 Å². The van der Waals surface area contributed by atoms with Crippen LogP contribution in [0.3, 0.4) is 0 Å². The molecule has 1 unspecified atom stereocenters. The van der Waals surface area contributed by atoms with Crippen molar-refractivity contribution >= 4 is 15.9 Å². The van der Waals surface area contributed by atoms with Crippen molar-refractivity contribution < 1.29 is 0 Å². The maximum atomic E-state index is 4.14. The van der Waals surface area contributed by atoms with Crippen molar-refractivity contribution in [2.75, 3.05) is 6.54 Å².